The molecule has 0 saturated carbocycles. The van der Waals surface area contributed by atoms with Gasteiger partial charge in [-0.3, -0.25) is 9.69 Å². The standard InChI is InChI=1S/C24H29F4N7O3/c1-22(2,23(3,4)37)34-9-15(25)16(10-34)33-20(36)13-6-12(8-30-21(13)38-5)17-7-14(24(26,27)28)18-19(29)31-11-32-35(17)18/h6-8,11,15-16,37H,9-10H2,1-5H3,(H,33,36)(H2,29,31,32)/t15-,16+/m0/s1. The summed E-state index contributed by atoms with van der Waals surface area (Å²) < 4.78 is 62.3. The van der Waals surface area contributed by atoms with Gasteiger partial charge in [0.1, 0.15) is 23.6 Å². The predicted octanol–water partition coefficient (Wildman–Crippen LogP) is 2.70. The summed E-state index contributed by atoms with van der Waals surface area (Å²) in [7, 11) is 1.28. The Hall–Kier alpha value is -3.52. The molecule has 1 aliphatic heterocycles. The average Bonchev–Trinajstić information content (AvgIpc) is 3.40. The van der Waals surface area contributed by atoms with Crippen LogP contribution in [0.15, 0.2) is 24.7 Å². The van der Waals surface area contributed by atoms with E-state index in [2.05, 4.69) is 20.4 Å². The van der Waals surface area contributed by atoms with E-state index in [1.165, 1.54) is 19.4 Å². The van der Waals surface area contributed by atoms with Crippen molar-refractivity contribution in [2.45, 2.75) is 57.2 Å². The molecule has 3 aromatic rings. The fraction of sp³-hybridized carbons (Fsp3) is 0.500. The molecule has 0 spiro atoms. The number of hydrogen-bond donors (Lipinski definition) is 3. The van der Waals surface area contributed by atoms with Gasteiger partial charge in [-0.1, -0.05) is 0 Å². The summed E-state index contributed by atoms with van der Waals surface area (Å²) in [4.78, 5) is 22.7. The molecule has 0 aliphatic carbocycles. The third-order valence-electron chi connectivity index (χ3n) is 7.33. The number of hydrogen-bond acceptors (Lipinski definition) is 8. The summed E-state index contributed by atoms with van der Waals surface area (Å²) in [6, 6.07) is 1.23. The van der Waals surface area contributed by atoms with Crippen LogP contribution in [0.2, 0.25) is 0 Å². The second kappa shape index (κ2) is 9.34. The topological polar surface area (TPSA) is 131 Å². The van der Waals surface area contributed by atoms with Gasteiger partial charge in [0.25, 0.3) is 5.91 Å². The molecule has 10 nitrogen and oxygen atoms in total. The Bertz CT molecular complexity index is 1370. The molecule has 206 valence electrons. The molecule has 38 heavy (non-hydrogen) atoms. The third kappa shape index (κ3) is 4.73. The maximum absolute atomic E-state index is 15.0. The van der Waals surface area contributed by atoms with Crippen molar-refractivity contribution < 1.29 is 32.2 Å². The van der Waals surface area contributed by atoms with Gasteiger partial charge in [-0.05, 0) is 39.8 Å². The zero-order valence-electron chi connectivity index (χ0n) is 21.5. The number of pyridine rings is 1. The van der Waals surface area contributed by atoms with Crippen molar-refractivity contribution in [2.24, 2.45) is 0 Å². The molecule has 14 heteroatoms. The van der Waals surface area contributed by atoms with Crippen molar-refractivity contribution >= 4 is 17.2 Å². The molecule has 1 aliphatic rings. The van der Waals surface area contributed by atoms with Crippen molar-refractivity contribution in [2.75, 3.05) is 25.9 Å². The number of nitrogens with one attached hydrogen (secondary N) is 1. The molecule has 1 fully saturated rings. The van der Waals surface area contributed by atoms with E-state index in [9.17, 15) is 27.5 Å². The van der Waals surface area contributed by atoms with Crippen molar-refractivity contribution in [1.29, 1.82) is 0 Å². The van der Waals surface area contributed by atoms with Gasteiger partial charge >= 0.3 is 6.18 Å². The molecular weight excluding hydrogens is 510 g/mol. The number of methoxy groups -OCH3 is 1. The number of alkyl halides is 4. The Morgan fingerprint density at radius 1 is 1.18 bits per heavy atom. The van der Waals surface area contributed by atoms with E-state index in [4.69, 9.17) is 10.5 Å². The molecule has 3 aromatic heterocycles. The lowest BCUT2D eigenvalue weighted by molar-refractivity contribution is -0.136. The zero-order valence-corrected chi connectivity index (χ0v) is 21.5. The molecule has 0 bridgehead atoms. The van der Waals surface area contributed by atoms with Gasteiger partial charge in [0.15, 0.2) is 5.82 Å². The molecule has 1 amide bonds. The number of amides is 1. The van der Waals surface area contributed by atoms with Crippen LogP contribution in [0, 0.1) is 0 Å². The molecule has 4 N–H and O–H groups in total. The first-order chi connectivity index (χ1) is 17.6. The van der Waals surface area contributed by atoms with E-state index in [0.717, 1.165) is 16.9 Å². The highest BCUT2D eigenvalue weighted by molar-refractivity contribution is 5.98. The second-order valence-electron chi connectivity index (χ2n) is 10.2. The number of anilines is 1. The van der Waals surface area contributed by atoms with E-state index in [0.29, 0.717) is 0 Å². The summed E-state index contributed by atoms with van der Waals surface area (Å²) >= 11 is 0. The normalized spacial score (nSPS) is 19.2. The van der Waals surface area contributed by atoms with Crippen LogP contribution in [0.4, 0.5) is 23.4 Å². The van der Waals surface area contributed by atoms with Gasteiger partial charge in [-0.2, -0.15) is 18.3 Å². The van der Waals surface area contributed by atoms with Crippen LogP contribution in [0.1, 0.15) is 43.6 Å². The molecule has 1 saturated heterocycles. The second-order valence-corrected chi connectivity index (χ2v) is 10.2. The van der Waals surface area contributed by atoms with E-state index in [1.807, 2.05) is 0 Å². The maximum atomic E-state index is 15.0. The number of rotatable bonds is 6. The van der Waals surface area contributed by atoms with E-state index in [1.54, 1.807) is 32.6 Å². The Morgan fingerprint density at radius 3 is 2.47 bits per heavy atom. The van der Waals surface area contributed by atoms with Gasteiger partial charge in [0.05, 0.1) is 30.0 Å². The fourth-order valence-corrected chi connectivity index (χ4v) is 4.40. The Kier molecular flexibility index (Phi) is 6.77. The summed E-state index contributed by atoms with van der Waals surface area (Å²) in [5.41, 5.74) is 2.28. The number of carbonyl (C=O) groups is 1. The molecule has 4 rings (SSSR count). The van der Waals surface area contributed by atoms with Crippen molar-refractivity contribution in [1.82, 2.24) is 29.8 Å². The van der Waals surface area contributed by atoms with E-state index >= 15 is 0 Å². The average molecular weight is 540 g/mol. The number of nitrogen functional groups attached to an aromatic ring is 1. The minimum absolute atomic E-state index is 0.00511. The Balaban J connectivity index is 1.69. The van der Waals surface area contributed by atoms with Crippen LogP contribution in [0.3, 0.4) is 0 Å². The lowest BCUT2D eigenvalue weighted by Gasteiger charge is -2.44. The molecule has 0 radical (unpaired) electrons. The fourth-order valence-electron chi connectivity index (χ4n) is 4.40. The highest BCUT2D eigenvalue weighted by Gasteiger charge is 2.47. The minimum Gasteiger partial charge on any atom is -0.480 e. The van der Waals surface area contributed by atoms with Crippen LogP contribution < -0.4 is 15.8 Å². The van der Waals surface area contributed by atoms with Crippen molar-refractivity contribution in [3.05, 3.63) is 35.8 Å². The summed E-state index contributed by atoms with van der Waals surface area (Å²) in [6.07, 6.45) is -3.92. The molecule has 2 atom stereocenters. The van der Waals surface area contributed by atoms with Crippen LogP contribution in [-0.2, 0) is 6.18 Å². The van der Waals surface area contributed by atoms with Gasteiger partial charge in [-0.15, -0.1) is 0 Å². The number of nitrogens with two attached hydrogens (primary N) is 1. The zero-order chi connectivity index (χ0) is 28.2. The summed E-state index contributed by atoms with van der Waals surface area (Å²) in [6.45, 7) is 6.95. The maximum Gasteiger partial charge on any atom is 0.418 e. The monoisotopic (exact) mass is 539 g/mol. The van der Waals surface area contributed by atoms with Crippen LogP contribution in [0.25, 0.3) is 16.8 Å². The smallest absolute Gasteiger partial charge is 0.418 e. The highest BCUT2D eigenvalue weighted by atomic mass is 19.4. The first-order valence-electron chi connectivity index (χ1n) is 11.7. The van der Waals surface area contributed by atoms with Gasteiger partial charge in [0.2, 0.25) is 5.88 Å². The summed E-state index contributed by atoms with van der Waals surface area (Å²) in [5.74, 6) is -1.19. The summed E-state index contributed by atoms with van der Waals surface area (Å²) in [5, 5.41) is 17.1. The van der Waals surface area contributed by atoms with Crippen molar-refractivity contribution in [3.63, 3.8) is 0 Å². The Morgan fingerprint density at radius 2 is 1.87 bits per heavy atom. The number of ether oxygens (including phenoxy) is 1. The first-order valence-corrected chi connectivity index (χ1v) is 11.7. The number of likely N-dealkylation sites (tertiary alicyclic amines) is 1. The van der Waals surface area contributed by atoms with Crippen molar-refractivity contribution in [3.8, 4) is 17.1 Å². The molecule has 4 heterocycles. The number of fused-ring (bicyclic) bond motifs is 1. The van der Waals surface area contributed by atoms with Crippen LogP contribution in [0.5, 0.6) is 5.88 Å². The van der Waals surface area contributed by atoms with Crippen LogP contribution in [-0.4, -0.2) is 79.0 Å². The van der Waals surface area contributed by atoms with Crippen LogP contribution >= 0.6 is 0 Å². The highest BCUT2D eigenvalue weighted by Crippen LogP contribution is 2.39. The molecule has 0 unspecified atom stereocenters. The largest absolute Gasteiger partial charge is 0.480 e. The number of halogens is 4. The van der Waals surface area contributed by atoms with E-state index in [-0.39, 0.29) is 41.6 Å². The Labute approximate surface area is 215 Å². The molecular formula is C24H29F4N7O3. The van der Waals surface area contributed by atoms with Gasteiger partial charge < -0.3 is 20.9 Å². The van der Waals surface area contributed by atoms with Gasteiger partial charge in [-0.25, -0.2) is 18.9 Å². The SMILES string of the molecule is COc1ncc(-c2cc(C(F)(F)F)c3c(N)ncnn23)cc1C(=O)N[C@@H]1CN(C(C)(C)C(C)(C)O)C[C@@H]1F. The lowest BCUT2D eigenvalue weighted by Crippen LogP contribution is -2.57. The lowest BCUT2D eigenvalue weighted by atomic mass is 9.84. The number of aliphatic hydroxyl groups is 1. The first kappa shape index (κ1) is 27.5. The van der Waals surface area contributed by atoms with E-state index < -0.39 is 46.5 Å². The minimum atomic E-state index is -4.75. The number of aromatic nitrogens is 4. The predicted molar refractivity (Wildman–Crippen MR) is 130 cm³/mol. The quantitative estimate of drug-likeness (QED) is 0.408. The third-order valence-corrected chi connectivity index (χ3v) is 7.33. The number of nitrogens with zero attached hydrogens (tertiary/aromatic N) is 5. The number of carbonyl (C=O) groups excluding carboxylic acids is 1. The van der Waals surface area contributed by atoms with Gasteiger partial charge in [0, 0.05) is 30.4 Å². The molecule has 0 aromatic carbocycles.